The zero-order chi connectivity index (χ0) is 14.5. The van der Waals surface area contributed by atoms with E-state index in [1.54, 1.807) is 6.07 Å². The molecule has 0 saturated heterocycles. The third kappa shape index (κ3) is 2.99. The maximum atomic E-state index is 13.3. The number of benzene rings is 2. The summed E-state index contributed by atoms with van der Waals surface area (Å²) in [5, 5.41) is 3.44. The topological polar surface area (TPSA) is 38.0 Å². The van der Waals surface area contributed by atoms with E-state index in [2.05, 4.69) is 37.4 Å². The Balaban J connectivity index is 2.44. The van der Waals surface area contributed by atoms with Crippen molar-refractivity contribution in [3.63, 3.8) is 0 Å². The molecule has 3 N–H and O–H groups in total. The lowest BCUT2D eigenvalue weighted by molar-refractivity contribution is 0.626. The fourth-order valence-corrected chi connectivity index (χ4v) is 2.39. The molecule has 0 aliphatic heterocycles. The van der Waals surface area contributed by atoms with Gasteiger partial charge in [0.1, 0.15) is 5.82 Å². The molecule has 2 aromatic carbocycles. The molecular weight excluding hydrogens is 251 g/mol. The highest BCUT2D eigenvalue weighted by Crippen LogP contribution is 2.28. The second kappa shape index (κ2) is 6.53. The van der Waals surface area contributed by atoms with Crippen molar-refractivity contribution in [2.24, 2.45) is 5.73 Å². The zero-order valence-corrected chi connectivity index (χ0v) is 12.0. The molecule has 20 heavy (non-hydrogen) atoms. The number of nitrogens with two attached hydrogens (primary N) is 1. The van der Waals surface area contributed by atoms with Gasteiger partial charge in [0.05, 0.1) is 0 Å². The van der Waals surface area contributed by atoms with Crippen molar-refractivity contribution in [2.75, 3.05) is 5.32 Å². The normalized spacial score (nSPS) is 10.6. The molecule has 0 fully saturated rings. The van der Waals surface area contributed by atoms with Crippen LogP contribution in [0.15, 0.2) is 36.4 Å². The molecule has 0 unspecified atom stereocenters. The van der Waals surface area contributed by atoms with Gasteiger partial charge in [-0.3, -0.25) is 0 Å². The average molecular weight is 272 g/mol. The molecule has 3 heteroatoms. The van der Waals surface area contributed by atoms with E-state index in [0.29, 0.717) is 6.54 Å². The van der Waals surface area contributed by atoms with Gasteiger partial charge in [-0.1, -0.05) is 32.0 Å². The quantitative estimate of drug-likeness (QED) is 0.858. The Morgan fingerprint density at radius 2 is 1.65 bits per heavy atom. The first-order valence-electron chi connectivity index (χ1n) is 7.05. The van der Waals surface area contributed by atoms with E-state index in [0.717, 1.165) is 29.8 Å². The third-order valence-corrected chi connectivity index (χ3v) is 3.55. The summed E-state index contributed by atoms with van der Waals surface area (Å²) in [6, 6.07) is 11.0. The van der Waals surface area contributed by atoms with E-state index in [9.17, 15) is 4.39 Å². The Morgan fingerprint density at radius 1 is 1.00 bits per heavy atom. The molecule has 0 saturated carbocycles. The Labute approximate surface area is 119 Å². The van der Waals surface area contributed by atoms with Gasteiger partial charge in [0, 0.05) is 17.9 Å². The Hall–Kier alpha value is -1.87. The molecule has 0 amide bonds. The van der Waals surface area contributed by atoms with Crippen LogP contribution in [0.25, 0.3) is 0 Å². The monoisotopic (exact) mass is 272 g/mol. The zero-order valence-electron chi connectivity index (χ0n) is 12.0. The number of halogens is 1. The molecule has 0 aliphatic rings. The molecule has 0 aliphatic carbocycles. The van der Waals surface area contributed by atoms with Crippen LogP contribution >= 0.6 is 0 Å². The van der Waals surface area contributed by atoms with Gasteiger partial charge in [-0.2, -0.15) is 0 Å². The minimum Gasteiger partial charge on any atom is -0.355 e. The van der Waals surface area contributed by atoms with E-state index in [1.807, 2.05) is 0 Å². The summed E-state index contributed by atoms with van der Waals surface area (Å²) >= 11 is 0. The summed E-state index contributed by atoms with van der Waals surface area (Å²) < 4.78 is 13.3. The standard InChI is InChI=1S/C17H21FN2/c1-3-12-6-5-7-13(4-2)17(12)20-16-9-8-15(18)10-14(16)11-19/h5-10,20H,3-4,11,19H2,1-2H3. The Kier molecular flexibility index (Phi) is 4.74. The first-order chi connectivity index (χ1) is 9.69. The van der Waals surface area contributed by atoms with Crippen LogP contribution in [0.3, 0.4) is 0 Å². The summed E-state index contributed by atoms with van der Waals surface area (Å²) in [5.74, 6) is -0.254. The lowest BCUT2D eigenvalue weighted by Gasteiger charge is -2.17. The molecule has 0 spiro atoms. The number of nitrogens with one attached hydrogen (secondary N) is 1. The Bertz CT molecular complexity index is 571. The maximum Gasteiger partial charge on any atom is 0.123 e. The molecule has 2 nitrogen and oxygen atoms in total. The van der Waals surface area contributed by atoms with E-state index < -0.39 is 0 Å². The predicted molar refractivity (Wildman–Crippen MR) is 82.8 cm³/mol. The molecule has 0 atom stereocenters. The van der Waals surface area contributed by atoms with Crippen molar-refractivity contribution in [2.45, 2.75) is 33.2 Å². The molecular formula is C17H21FN2. The third-order valence-electron chi connectivity index (χ3n) is 3.55. The maximum absolute atomic E-state index is 13.3. The molecule has 106 valence electrons. The molecule has 0 bridgehead atoms. The summed E-state index contributed by atoms with van der Waals surface area (Å²) in [6.07, 6.45) is 1.91. The van der Waals surface area contributed by atoms with Crippen molar-refractivity contribution >= 4 is 11.4 Å². The van der Waals surface area contributed by atoms with Gasteiger partial charge in [0.2, 0.25) is 0 Å². The van der Waals surface area contributed by atoms with Gasteiger partial charge in [-0.25, -0.2) is 4.39 Å². The minimum atomic E-state index is -0.254. The fourth-order valence-electron chi connectivity index (χ4n) is 2.39. The van der Waals surface area contributed by atoms with E-state index in [-0.39, 0.29) is 5.82 Å². The molecule has 0 aromatic heterocycles. The summed E-state index contributed by atoms with van der Waals surface area (Å²) in [6.45, 7) is 4.58. The highest BCUT2D eigenvalue weighted by molar-refractivity contribution is 5.69. The average Bonchev–Trinajstić information content (AvgIpc) is 2.49. The predicted octanol–water partition coefficient (Wildman–Crippen LogP) is 4.15. The van der Waals surface area contributed by atoms with Gasteiger partial charge in [0.25, 0.3) is 0 Å². The van der Waals surface area contributed by atoms with Crippen LogP contribution in [0.1, 0.15) is 30.5 Å². The number of para-hydroxylation sites is 1. The second-order valence-electron chi connectivity index (χ2n) is 4.79. The lowest BCUT2D eigenvalue weighted by Crippen LogP contribution is -2.05. The molecule has 0 radical (unpaired) electrons. The van der Waals surface area contributed by atoms with Crippen LogP contribution < -0.4 is 11.1 Å². The van der Waals surface area contributed by atoms with E-state index >= 15 is 0 Å². The SMILES string of the molecule is CCc1cccc(CC)c1Nc1ccc(F)cc1CN. The van der Waals surface area contributed by atoms with Gasteiger partial charge in [-0.05, 0) is 47.7 Å². The van der Waals surface area contributed by atoms with Crippen LogP contribution in [0.2, 0.25) is 0 Å². The lowest BCUT2D eigenvalue weighted by atomic mass is 10.0. The number of hydrogen-bond acceptors (Lipinski definition) is 2. The number of hydrogen-bond donors (Lipinski definition) is 2. The van der Waals surface area contributed by atoms with Crippen LogP contribution in [-0.2, 0) is 19.4 Å². The van der Waals surface area contributed by atoms with Gasteiger partial charge in [-0.15, -0.1) is 0 Å². The van der Waals surface area contributed by atoms with E-state index in [4.69, 9.17) is 5.73 Å². The largest absolute Gasteiger partial charge is 0.355 e. The van der Waals surface area contributed by atoms with Crippen LogP contribution in [0.5, 0.6) is 0 Å². The smallest absolute Gasteiger partial charge is 0.123 e. The Morgan fingerprint density at radius 3 is 2.20 bits per heavy atom. The summed E-state index contributed by atoms with van der Waals surface area (Å²) in [7, 11) is 0. The van der Waals surface area contributed by atoms with Crippen LogP contribution in [-0.4, -0.2) is 0 Å². The fraction of sp³-hybridized carbons (Fsp3) is 0.294. The molecule has 0 heterocycles. The molecule has 2 aromatic rings. The summed E-state index contributed by atoms with van der Waals surface area (Å²) in [4.78, 5) is 0. The molecule has 2 rings (SSSR count). The first kappa shape index (κ1) is 14.5. The number of anilines is 2. The highest BCUT2D eigenvalue weighted by atomic mass is 19.1. The van der Waals surface area contributed by atoms with E-state index in [1.165, 1.54) is 23.3 Å². The van der Waals surface area contributed by atoms with Crippen LogP contribution in [0.4, 0.5) is 15.8 Å². The van der Waals surface area contributed by atoms with Crippen LogP contribution in [0, 0.1) is 5.82 Å². The minimum absolute atomic E-state index is 0.254. The van der Waals surface area contributed by atoms with Crippen molar-refractivity contribution in [3.05, 3.63) is 58.9 Å². The van der Waals surface area contributed by atoms with Gasteiger partial charge in [0.15, 0.2) is 0 Å². The van der Waals surface area contributed by atoms with Crippen molar-refractivity contribution in [3.8, 4) is 0 Å². The second-order valence-corrected chi connectivity index (χ2v) is 4.79. The van der Waals surface area contributed by atoms with Crippen molar-refractivity contribution in [1.29, 1.82) is 0 Å². The first-order valence-corrected chi connectivity index (χ1v) is 7.05. The van der Waals surface area contributed by atoms with Crippen molar-refractivity contribution in [1.82, 2.24) is 0 Å². The van der Waals surface area contributed by atoms with Crippen molar-refractivity contribution < 1.29 is 4.39 Å². The van der Waals surface area contributed by atoms with Gasteiger partial charge >= 0.3 is 0 Å². The number of aryl methyl sites for hydroxylation is 2. The number of rotatable bonds is 5. The summed E-state index contributed by atoms with van der Waals surface area (Å²) in [5.41, 5.74) is 11.0. The highest BCUT2D eigenvalue weighted by Gasteiger charge is 2.09. The van der Waals surface area contributed by atoms with Gasteiger partial charge < -0.3 is 11.1 Å².